The van der Waals surface area contributed by atoms with E-state index in [9.17, 15) is 0 Å². The Labute approximate surface area is 119 Å². The first kappa shape index (κ1) is 13.1. The Kier molecular flexibility index (Phi) is 4.28. The molecule has 20 heavy (non-hydrogen) atoms. The Morgan fingerprint density at radius 3 is 2.85 bits per heavy atom. The molecule has 106 valence electrons. The van der Waals surface area contributed by atoms with Gasteiger partial charge in [-0.15, -0.1) is 0 Å². The van der Waals surface area contributed by atoms with Gasteiger partial charge in [0.15, 0.2) is 0 Å². The monoisotopic (exact) mass is 271 g/mol. The Hall–Kier alpha value is -1.88. The second kappa shape index (κ2) is 6.52. The lowest BCUT2D eigenvalue weighted by Gasteiger charge is -2.24. The summed E-state index contributed by atoms with van der Waals surface area (Å²) in [5.74, 6) is 0. The molecule has 1 aromatic carbocycles. The van der Waals surface area contributed by atoms with Crippen LogP contribution in [0.4, 0.5) is 5.69 Å². The second-order valence-electron chi connectivity index (χ2n) is 5.32. The van der Waals surface area contributed by atoms with E-state index in [1.807, 2.05) is 4.68 Å². The third-order valence-electron chi connectivity index (χ3n) is 3.73. The highest BCUT2D eigenvalue weighted by molar-refractivity contribution is 5.44. The first-order chi connectivity index (χ1) is 9.90. The van der Waals surface area contributed by atoms with E-state index in [2.05, 4.69) is 45.0 Å². The van der Waals surface area contributed by atoms with Crippen LogP contribution in [0, 0.1) is 0 Å². The molecule has 1 aromatic heterocycles. The lowest BCUT2D eigenvalue weighted by molar-refractivity contribution is 0.414. The van der Waals surface area contributed by atoms with Crippen molar-refractivity contribution in [3.05, 3.63) is 42.5 Å². The van der Waals surface area contributed by atoms with Gasteiger partial charge in [0.2, 0.25) is 0 Å². The first-order valence-electron chi connectivity index (χ1n) is 7.29. The maximum absolute atomic E-state index is 4.11. The van der Waals surface area contributed by atoms with Gasteiger partial charge >= 0.3 is 0 Å². The number of hydrogen-bond acceptors (Lipinski definition) is 4. The molecule has 2 aromatic rings. The van der Waals surface area contributed by atoms with Crippen LogP contribution < -0.4 is 10.6 Å². The summed E-state index contributed by atoms with van der Waals surface area (Å²) >= 11 is 0. The minimum Gasteiger partial charge on any atom is -0.383 e. The van der Waals surface area contributed by atoms with Crippen molar-refractivity contribution in [3.63, 3.8) is 0 Å². The van der Waals surface area contributed by atoms with Crippen LogP contribution in [0.5, 0.6) is 0 Å². The van der Waals surface area contributed by atoms with Gasteiger partial charge in [-0.05, 0) is 37.1 Å². The van der Waals surface area contributed by atoms with Crippen molar-refractivity contribution >= 4 is 5.69 Å². The Morgan fingerprint density at radius 2 is 2.15 bits per heavy atom. The molecular formula is C15H21N5. The smallest absolute Gasteiger partial charge is 0.137 e. The lowest BCUT2D eigenvalue weighted by atomic mass is 10.1. The molecule has 1 unspecified atom stereocenters. The fourth-order valence-electron chi connectivity index (χ4n) is 2.57. The van der Waals surface area contributed by atoms with Gasteiger partial charge in [-0.25, -0.2) is 9.67 Å². The summed E-state index contributed by atoms with van der Waals surface area (Å²) < 4.78 is 1.83. The standard InChI is InChI=1S/C15H21N5/c1-2-8-17-15(3-1)9-18-14-6-4-13(5-7-14)10-20-12-16-11-19-20/h4-7,11-12,15,17-18H,1-3,8-10H2. The van der Waals surface area contributed by atoms with E-state index in [4.69, 9.17) is 0 Å². The lowest BCUT2D eigenvalue weighted by Crippen LogP contribution is -2.39. The number of nitrogens with zero attached hydrogens (tertiary/aromatic N) is 3. The van der Waals surface area contributed by atoms with Crippen molar-refractivity contribution in [2.75, 3.05) is 18.4 Å². The van der Waals surface area contributed by atoms with Crippen molar-refractivity contribution < 1.29 is 0 Å². The third kappa shape index (κ3) is 3.57. The highest BCUT2D eigenvalue weighted by atomic mass is 15.3. The van der Waals surface area contributed by atoms with Crippen LogP contribution >= 0.6 is 0 Å². The van der Waals surface area contributed by atoms with E-state index in [1.165, 1.54) is 30.5 Å². The summed E-state index contributed by atoms with van der Waals surface area (Å²) in [5.41, 5.74) is 2.41. The van der Waals surface area contributed by atoms with Gasteiger partial charge in [0.05, 0.1) is 6.54 Å². The second-order valence-corrected chi connectivity index (χ2v) is 5.32. The Morgan fingerprint density at radius 1 is 1.25 bits per heavy atom. The van der Waals surface area contributed by atoms with Crippen LogP contribution in [0.15, 0.2) is 36.9 Å². The molecule has 1 aliphatic rings. The van der Waals surface area contributed by atoms with E-state index < -0.39 is 0 Å². The summed E-state index contributed by atoms with van der Waals surface area (Å²) in [6.45, 7) is 2.93. The molecule has 2 N–H and O–H groups in total. The van der Waals surface area contributed by atoms with E-state index in [1.54, 1.807) is 12.7 Å². The van der Waals surface area contributed by atoms with E-state index >= 15 is 0 Å². The van der Waals surface area contributed by atoms with Crippen molar-refractivity contribution in [2.24, 2.45) is 0 Å². The van der Waals surface area contributed by atoms with Crippen LogP contribution in [0.3, 0.4) is 0 Å². The molecule has 5 heteroatoms. The molecule has 2 heterocycles. The predicted octanol–water partition coefficient (Wildman–Crippen LogP) is 1.88. The number of nitrogens with one attached hydrogen (secondary N) is 2. The van der Waals surface area contributed by atoms with Crippen LogP contribution in [0.1, 0.15) is 24.8 Å². The minimum absolute atomic E-state index is 0.610. The summed E-state index contributed by atoms with van der Waals surface area (Å²) in [6.07, 6.45) is 7.23. The van der Waals surface area contributed by atoms with E-state index in [0.29, 0.717) is 6.04 Å². The van der Waals surface area contributed by atoms with Gasteiger partial charge in [0.25, 0.3) is 0 Å². The third-order valence-corrected chi connectivity index (χ3v) is 3.73. The summed E-state index contributed by atoms with van der Waals surface area (Å²) in [7, 11) is 0. The van der Waals surface area contributed by atoms with Crippen molar-refractivity contribution in [3.8, 4) is 0 Å². The predicted molar refractivity (Wildman–Crippen MR) is 79.7 cm³/mol. The van der Waals surface area contributed by atoms with Crippen LogP contribution in [-0.2, 0) is 6.54 Å². The molecule has 1 saturated heterocycles. The quantitative estimate of drug-likeness (QED) is 0.872. The van der Waals surface area contributed by atoms with Gasteiger partial charge in [0, 0.05) is 18.3 Å². The fourth-order valence-corrected chi connectivity index (χ4v) is 2.57. The molecule has 1 aliphatic heterocycles. The van der Waals surface area contributed by atoms with Gasteiger partial charge in [-0.1, -0.05) is 18.6 Å². The van der Waals surface area contributed by atoms with Gasteiger partial charge in [-0.2, -0.15) is 5.10 Å². The van der Waals surface area contributed by atoms with E-state index in [-0.39, 0.29) is 0 Å². The zero-order valence-electron chi connectivity index (χ0n) is 11.6. The van der Waals surface area contributed by atoms with Crippen molar-refractivity contribution in [2.45, 2.75) is 31.8 Å². The summed E-state index contributed by atoms with van der Waals surface area (Å²) in [4.78, 5) is 3.95. The van der Waals surface area contributed by atoms with E-state index in [0.717, 1.165) is 19.6 Å². The maximum Gasteiger partial charge on any atom is 0.137 e. The molecule has 0 radical (unpaired) electrons. The van der Waals surface area contributed by atoms with Crippen molar-refractivity contribution in [1.82, 2.24) is 20.1 Å². The molecule has 1 atom stereocenters. The van der Waals surface area contributed by atoms with Crippen LogP contribution in [0.25, 0.3) is 0 Å². The molecule has 0 amide bonds. The molecule has 0 bridgehead atoms. The minimum atomic E-state index is 0.610. The number of hydrogen-bond donors (Lipinski definition) is 2. The Balaban J connectivity index is 1.50. The molecule has 0 spiro atoms. The summed E-state index contributed by atoms with van der Waals surface area (Å²) in [5, 5.41) is 11.2. The number of aromatic nitrogens is 3. The maximum atomic E-state index is 4.11. The fraction of sp³-hybridized carbons (Fsp3) is 0.467. The Bertz CT molecular complexity index is 500. The first-order valence-corrected chi connectivity index (χ1v) is 7.29. The van der Waals surface area contributed by atoms with Gasteiger partial charge in [-0.3, -0.25) is 0 Å². The number of piperidine rings is 1. The van der Waals surface area contributed by atoms with Gasteiger partial charge < -0.3 is 10.6 Å². The molecule has 0 saturated carbocycles. The summed E-state index contributed by atoms with van der Waals surface area (Å²) in [6, 6.07) is 9.15. The normalized spacial score (nSPS) is 18.9. The molecular weight excluding hydrogens is 250 g/mol. The van der Waals surface area contributed by atoms with Crippen LogP contribution in [-0.4, -0.2) is 33.9 Å². The highest BCUT2D eigenvalue weighted by Gasteiger charge is 2.11. The average molecular weight is 271 g/mol. The zero-order valence-corrected chi connectivity index (χ0v) is 11.6. The van der Waals surface area contributed by atoms with Gasteiger partial charge in [0.1, 0.15) is 12.7 Å². The van der Waals surface area contributed by atoms with Crippen LogP contribution in [0.2, 0.25) is 0 Å². The SMILES string of the molecule is c1ncn(Cc2ccc(NCC3CCCCN3)cc2)n1. The highest BCUT2D eigenvalue weighted by Crippen LogP contribution is 2.12. The molecule has 0 aliphatic carbocycles. The topological polar surface area (TPSA) is 54.8 Å². The molecule has 1 fully saturated rings. The molecule has 3 rings (SSSR count). The number of anilines is 1. The number of rotatable bonds is 5. The average Bonchev–Trinajstić information content (AvgIpc) is 3.01. The number of benzene rings is 1. The largest absolute Gasteiger partial charge is 0.383 e. The van der Waals surface area contributed by atoms with Crippen molar-refractivity contribution in [1.29, 1.82) is 0 Å². The zero-order chi connectivity index (χ0) is 13.6. The molecule has 5 nitrogen and oxygen atoms in total.